The first-order valence-corrected chi connectivity index (χ1v) is 11.2. The Bertz CT molecular complexity index is 1080. The van der Waals surface area contributed by atoms with Crippen LogP contribution in [0.15, 0.2) is 107 Å². The van der Waals surface area contributed by atoms with Crippen molar-refractivity contribution >= 4 is 15.6 Å². The van der Waals surface area contributed by atoms with E-state index < -0.39 is 0 Å². The van der Waals surface area contributed by atoms with Crippen molar-refractivity contribution < 1.29 is 40.6 Å². The second-order valence-electron chi connectivity index (χ2n) is 7.98. The summed E-state index contributed by atoms with van der Waals surface area (Å²) in [6.07, 6.45) is 14.0. The van der Waals surface area contributed by atoms with Gasteiger partial charge in [0.2, 0.25) is 0 Å². The summed E-state index contributed by atoms with van der Waals surface area (Å²) in [5.74, 6) is 0.350. The summed E-state index contributed by atoms with van der Waals surface area (Å²) in [6, 6.07) is 19.8. The first-order chi connectivity index (χ1) is 13.7. The minimum atomic E-state index is 0. The van der Waals surface area contributed by atoms with Gasteiger partial charge in [0.1, 0.15) is 0 Å². The van der Waals surface area contributed by atoms with E-state index in [-0.39, 0.29) is 40.6 Å². The van der Waals surface area contributed by atoms with E-state index >= 15 is 0 Å². The molecule has 3 heteroatoms. The molecule has 0 fully saturated rings. The zero-order valence-corrected chi connectivity index (χ0v) is 19.4. The summed E-state index contributed by atoms with van der Waals surface area (Å²) in [5.41, 5.74) is 11.4. The molecule has 0 N–H and O–H groups in total. The normalized spacial score (nSPS) is 23.6. The van der Waals surface area contributed by atoms with Gasteiger partial charge in [-0.2, -0.15) is 0 Å². The minimum absolute atomic E-state index is 0. The number of allylic oxidation sites excluding steroid dienone is 9. The van der Waals surface area contributed by atoms with Gasteiger partial charge >= 0.3 is 37.7 Å². The molecule has 3 aliphatic carbocycles. The van der Waals surface area contributed by atoms with Crippen molar-refractivity contribution in [1.82, 2.24) is 0 Å². The Morgan fingerprint density at radius 2 is 1.43 bits per heavy atom. The SMILES string of the molecule is CC1=CC2=C(C=CC=CC2c2ccccc2)C1[Si]C1C(C)=Cc2ccccc21.[H-].[H-].[Li+].[Li+]. The van der Waals surface area contributed by atoms with Crippen molar-refractivity contribution in [2.45, 2.75) is 30.8 Å². The van der Waals surface area contributed by atoms with Crippen molar-refractivity contribution in [3.8, 4) is 0 Å². The molecule has 140 valence electrons. The summed E-state index contributed by atoms with van der Waals surface area (Å²) in [4.78, 5) is 0. The second kappa shape index (κ2) is 9.79. The molecule has 0 aliphatic heterocycles. The number of rotatable bonds is 3. The quantitative estimate of drug-likeness (QED) is 0.685. The van der Waals surface area contributed by atoms with E-state index in [1.165, 1.54) is 39.0 Å². The minimum Gasteiger partial charge on any atom is -1.00 e. The van der Waals surface area contributed by atoms with Crippen LogP contribution in [0, 0.1) is 0 Å². The zero-order valence-electron chi connectivity index (χ0n) is 20.4. The van der Waals surface area contributed by atoms with Crippen LogP contribution >= 0.6 is 0 Å². The van der Waals surface area contributed by atoms with Gasteiger partial charge in [-0.15, -0.1) is 0 Å². The molecule has 0 nitrogen and oxygen atoms in total. The van der Waals surface area contributed by atoms with Crippen LogP contribution in [-0.4, -0.2) is 9.52 Å². The fraction of sp³-hybridized carbons (Fsp3) is 0.185. The zero-order chi connectivity index (χ0) is 19.1. The van der Waals surface area contributed by atoms with E-state index in [0.717, 1.165) is 9.52 Å². The standard InChI is InChI=1S/C27H24Si.2Li.2H/c1-18-16-21-12-6-7-14-23(21)26(18)28-27-19(2)17-25-22(13-8-9-15-24(25)27)20-10-4-3-5-11-20;;;;/h3-17,22,26-27H,1-2H3;;;;/q;2*+1;2*-1. The molecule has 5 rings (SSSR count). The van der Waals surface area contributed by atoms with Crippen molar-refractivity contribution in [2.75, 3.05) is 0 Å². The number of hydrogen-bond acceptors (Lipinski definition) is 0. The van der Waals surface area contributed by atoms with Gasteiger partial charge in [0.25, 0.3) is 0 Å². The largest absolute Gasteiger partial charge is 1.00 e. The number of hydrogen-bond donors (Lipinski definition) is 0. The fourth-order valence-electron chi connectivity index (χ4n) is 4.76. The molecule has 0 heterocycles. The Morgan fingerprint density at radius 1 is 0.733 bits per heavy atom. The van der Waals surface area contributed by atoms with E-state index in [1.807, 2.05) is 0 Å². The Morgan fingerprint density at radius 3 is 2.23 bits per heavy atom. The molecule has 3 atom stereocenters. The molecule has 0 bridgehead atoms. The third-order valence-corrected chi connectivity index (χ3v) is 8.35. The maximum Gasteiger partial charge on any atom is 1.00 e. The summed E-state index contributed by atoms with van der Waals surface area (Å²) in [6.45, 7) is 4.63. The molecule has 0 saturated carbocycles. The Kier molecular flexibility index (Phi) is 7.57. The Labute approximate surface area is 210 Å². The van der Waals surface area contributed by atoms with Gasteiger partial charge in [-0.1, -0.05) is 102 Å². The van der Waals surface area contributed by atoms with E-state index in [0.29, 0.717) is 17.0 Å². The molecule has 30 heavy (non-hydrogen) atoms. The van der Waals surface area contributed by atoms with Crippen LogP contribution in [0.1, 0.15) is 44.9 Å². The van der Waals surface area contributed by atoms with E-state index in [4.69, 9.17) is 0 Å². The molecular weight excluding hydrogens is 366 g/mol. The van der Waals surface area contributed by atoms with Gasteiger partial charge in [0, 0.05) is 5.92 Å². The first kappa shape index (κ1) is 23.2. The second-order valence-corrected chi connectivity index (χ2v) is 9.47. The van der Waals surface area contributed by atoms with Crippen molar-refractivity contribution in [3.05, 3.63) is 124 Å². The van der Waals surface area contributed by atoms with E-state index in [2.05, 4.69) is 105 Å². The maximum absolute atomic E-state index is 2.46. The fourth-order valence-corrected chi connectivity index (χ4v) is 6.67. The van der Waals surface area contributed by atoms with Crippen LogP contribution in [0.25, 0.3) is 6.08 Å². The average Bonchev–Trinajstić information content (AvgIpc) is 3.10. The van der Waals surface area contributed by atoms with Crippen molar-refractivity contribution in [1.29, 1.82) is 0 Å². The van der Waals surface area contributed by atoms with Gasteiger partial charge < -0.3 is 2.85 Å². The van der Waals surface area contributed by atoms with Gasteiger partial charge in [-0.3, -0.25) is 0 Å². The predicted octanol–water partition coefficient (Wildman–Crippen LogP) is 1.04. The smallest absolute Gasteiger partial charge is 1.00 e. The molecule has 2 aromatic carbocycles. The van der Waals surface area contributed by atoms with Gasteiger partial charge in [-0.25, -0.2) is 0 Å². The molecule has 2 radical (unpaired) electrons. The number of fused-ring (bicyclic) bond motifs is 1. The summed E-state index contributed by atoms with van der Waals surface area (Å²) in [7, 11) is 0.848. The summed E-state index contributed by atoms with van der Waals surface area (Å²) in [5, 5.41) is 0. The third kappa shape index (κ3) is 4.16. The van der Waals surface area contributed by atoms with Crippen LogP contribution in [0.5, 0.6) is 0 Å². The molecule has 3 aliphatic rings. The van der Waals surface area contributed by atoms with Crippen molar-refractivity contribution in [2.24, 2.45) is 0 Å². The topological polar surface area (TPSA) is 0 Å². The predicted molar refractivity (Wildman–Crippen MR) is 123 cm³/mol. The van der Waals surface area contributed by atoms with Crippen LogP contribution in [-0.2, 0) is 0 Å². The third-order valence-electron chi connectivity index (χ3n) is 6.15. The Balaban J connectivity index is 0.00000128. The van der Waals surface area contributed by atoms with E-state index in [9.17, 15) is 0 Å². The number of benzene rings is 2. The van der Waals surface area contributed by atoms with Gasteiger partial charge in [0.05, 0.1) is 9.52 Å². The van der Waals surface area contributed by atoms with Gasteiger partial charge in [-0.05, 0) is 52.8 Å². The molecule has 2 aromatic rings. The van der Waals surface area contributed by atoms with Crippen LogP contribution < -0.4 is 37.7 Å². The molecule has 0 saturated heterocycles. The molecule has 0 spiro atoms. The summed E-state index contributed by atoms with van der Waals surface area (Å²) < 4.78 is 0. The monoisotopic (exact) mass is 392 g/mol. The maximum atomic E-state index is 2.46. The van der Waals surface area contributed by atoms with Crippen LogP contribution in [0.4, 0.5) is 0 Å². The van der Waals surface area contributed by atoms with Crippen LogP contribution in [0.3, 0.4) is 0 Å². The Hall–Kier alpha value is -1.45. The van der Waals surface area contributed by atoms with Crippen LogP contribution in [0.2, 0.25) is 5.54 Å². The van der Waals surface area contributed by atoms with Gasteiger partial charge in [0.15, 0.2) is 0 Å². The summed E-state index contributed by atoms with van der Waals surface area (Å²) >= 11 is 0. The molecule has 3 unspecified atom stereocenters. The first-order valence-electron chi connectivity index (χ1n) is 10.1. The van der Waals surface area contributed by atoms with Crippen molar-refractivity contribution in [3.63, 3.8) is 0 Å². The molecule has 0 aromatic heterocycles. The molecular formula is C27H26Li2Si. The molecule has 0 amide bonds. The van der Waals surface area contributed by atoms with E-state index in [1.54, 1.807) is 0 Å². The average molecular weight is 392 g/mol.